The lowest BCUT2D eigenvalue weighted by Crippen LogP contribution is -2.38. The van der Waals surface area contributed by atoms with Crippen molar-refractivity contribution in [3.8, 4) is 0 Å². The first-order valence-corrected chi connectivity index (χ1v) is 8.98. The SMILES string of the molecule is CCC1CCC(NS(=O)(=O)Cc2cccc(N)c2)CC1. The van der Waals surface area contributed by atoms with Gasteiger partial charge in [0.15, 0.2) is 0 Å². The van der Waals surface area contributed by atoms with Crippen molar-refractivity contribution in [2.45, 2.75) is 50.8 Å². The zero-order chi connectivity index (χ0) is 14.6. The van der Waals surface area contributed by atoms with E-state index in [1.807, 2.05) is 0 Å². The first-order chi connectivity index (χ1) is 9.48. The average Bonchev–Trinajstić information content (AvgIpc) is 2.38. The predicted molar refractivity (Wildman–Crippen MR) is 82.7 cm³/mol. The molecule has 1 aliphatic carbocycles. The number of nitrogens with one attached hydrogen (secondary N) is 1. The van der Waals surface area contributed by atoms with Gasteiger partial charge in [0.05, 0.1) is 5.75 Å². The largest absolute Gasteiger partial charge is 0.399 e. The molecule has 0 atom stereocenters. The summed E-state index contributed by atoms with van der Waals surface area (Å²) in [5, 5.41) is 0. The number of sulfonamides is 1. The summed E-state index contributed by atoms with van der Waals surface area (Å²) >= 11 is 0. The second kappa shape index (κ2) is 6.59. The van der Waals surface area contributed by atoms with Crippen molar-refractivity contribution in [3.63, 3.8) is 0 Å². The summed E-state index contributed by atoms with van der Waals surface area (Å²) in [7, 11) is -3.28. The molecule has 5 heteroatoms. The van der Waals surface area contributed by atoms with E-state index in [4.69, 9.17) is 5.73 Å². The van der Waals surface area contributed by atoms with E-state index in [0.717, 1.165) is 37.2 Å². The quantitative estimate of drug-likeness (QED) is 0.821. The first-order valence-electron chi connectivity index (χ1n) is 7.33. The Labute approximate surface area is 121 Å². The molecule has 3 N–H and O–H groups in total. The smallest absolute Gasteiger partial charge is 0.216 e. The predicted octanol–water partition coefficient (Wildman–Crippen LogP) is 2.66. The molecule has 0 saturated heterocycles. The Kier molecular flexibility index (Phi) is 5.05. The molecule has 0 heterocycles. The molecule has 1 aromatic carbocycles. The summed E-state index contributed by atoms with van der Waals surface area (Å²) in [6.45, 7) is 2.20. The summed E-state index contributed by atoms with van der Waals surface area (Å²) in [6, 6.07) is 7.16. The van der Waals surface area contributed by atoms with Crippen LogP contribution in [0.15, 0.2) is 24.3 Å². The van der Waals surface area contributed by atoms with Crippen LogP contribution in [0.2, 0.25) is 0 Å². The van der Waals surface area contributed by atoms with E-state index < -0.39 is 10.0 Å². The first kappa shape index (κ1) is 15.3. The van der Waals surface area contributed by atoms with Crippen molar-refractivity contribution in [2.24, 2.45) is 5.92 Å². The van der Waals surface area contributed by atoms with E-state index >= 15 is 0 Å². The van der Waals surface area contributed by atoms with Crippen molar-refractivity contribution in [3.05, 3.63) is 29.8 Å². The number of benzene rings is 1. The molecule has 1 aromatic rings. The molecule has 1 saturated carbocycles. The normalized spacial score (nSPS) is 23.6. The molecule has 0 amide bonds. The molecule has 4 nitrogen and oxygen atoms in total. The summed E-state index contributed by atoms with van der Waals surface area (Å²) in [6.07, 6.45) is 5.36. The third-order valence-electron chi connectivity index (χ3n) is 4.08. The zero-order valence-corrected chi connectivity index (χ0v) is 12.8. The van der Waals surface area contributed by atoms with Gasteiger partial charge >= 0.3 is 0 Å². The highest BCUT2D eigenvalue weighted by Crippen LogP contribution is 2.27. The minimum Gasteiger partial charge on any atom is -0.399 e. The zero-order valence-electron chi connectivity index (χ0n) is 12.0. The van der Waals surface area contributed by atoms with Crippen LogP contribution in [0, 0.1) is 5.92 Å². The van der Waals surface area contributed by atoms with Gasteiger partial charge in [-0.2, -0.15) is 0 Å². The third-order valence-corrected chi connectivity index (χ3v) is 5.48. The second-order valence-corrected chi connectivity index (χ2v) is 7.50. The minimum atomic E-state index is -3.28. The van der Waals surface area contributed by atoms with Gasteiger partial charge in [-0.3, -0.25) is 0 Å². The second-order valence-electron chi connectivity index (χ2n) is 5.75. The van der Waals surface area contributed by atoms with Crippen LogP contribution in [0.4, 0.5) is 5.69 Å². The fraction of sp³-hybridized carbons (Fsp3) is 0.600. The number of hydrogen-bond acceptors (Lipinski definition) is 3. The van der Waals surface area contributed by atoms with E-state index in [0.29, 0.717) is 5.69 Å². The topological polar surface area (TPSA) is 72.2 Å². The van der Waals surface area contributed by atoms with E-state index in [1.54, 1.807) is 24.3 Å². The minimum absolute atomic E-state index is 0.00570. The van der Waals surface area contributed by atoms with Crippen LogP contribution in [0.25, 0.3) is 0 Å². The molecule has 0 radical (unpaired) electrons. The van der Waals surface area contributed by atoms with E-state index in [9.17, 15) is 8.42 Å². The van der Waals surface area contributed by atoms with Gasteiger partial charge in [-0.1, -0.05) is 25.5 Å². The van der Waals surface area contributed by atoms with Crippen molar-refractivity contribution in [1.82, 2.24) is 4.72 Å². The number of hydrogen-bond donors (Lipinski definition) is 2. The Balaban J connectivity index is 1.91. The molecule has 0 aromatic heterocycles. The number of nitrogens with two attached hydrogens (primary N) is 1. The molecule has 0 aliphatic heterocycles. The Morgan fingerprint density at radius 2 is 1.95 bits per heavy atom. The van der Waals surface area contributed by atoms with Crippen molar-refractivity contribution in [2.75, 3.05) is 5.73 Å². The molecule has 1 aliphatic rings. The third kappa shape index (κ3) is 4.49. The van der Waals surface area contributed by atoms with Gasteiger partial charge in [0, 0.05) is 11.7 Å². The highest BCUT2D eigenvalue weighted by molar-refractivity contribution is 7.88. The van der Waals surface area contributed by atoms with Crippen molar-refractivity contribution in [1.29, 1.82) is 0 Å². The lowest BCUT2D eigenvalue weighted by Gasteiger charge is -2.28. The summed E-state index contributed by atoms with van der Waals surface area (Å²) in [5.41, 5.74) is 7.01. The molecular weight excluding hydrogens is 272 g/mol. The summed E-state index contributed by atoms with van der Waals surface area (Å²) in [5.74, 6) is 0.774. The maximum absolute atomic E-state index is 12.2. The molecule has 112 valence electrons. The van der Waals surface area contributed by atoms with Crippen LogP contribution in [0.1, 0.15) is 44.6 Å². The van der Waals surface area contributed by atoms with E-state index in [2.05, 4.69) is 11.6 Å². The van der Waals surface area contributed by atoms with Gasteiger partial charge in [0.25, 0.3) is 0 Å². The highest BCUT2D eigenvalue weighted by atomic mass is 32.2. The van der Waals surface area contributed by atoms with Gasteiger partial charge in [0.1, 0.15) is 0 Å². The van der Waals surface area contributed by atoms with Gasteiger partial charge < -0.3 is 5.73 Å². The lowest BCUT2D eigenvalue weighted by molar-refractivity contribution is 0.306. The van der Waals surface area contributed by atoms with Crippen molar-refractivity contribution < 1.29 is 8.42 Å². The van der Waals surface area contributed by atoms with Crippen LogP contribution in [-0.2, 0) is 15.8 Å². The van der Waals surface area contributed by atoms with Crippen LogP contribution >= 0.6 is 0 Å². The summed E-state index contributed by atoms with van der Waals surface area (Å²) < 4.78 is 27.2. The average molecular weight is 296 g/mol. The fourth-order valence-electron chi connectivity index (χ4n) is 2.89. The van der Waals surface area contributed by atoms with Gasteiger partial charge in [-0.15, -0.1) is 0 Å². The Hall–Kier alpha value is -1.07. The highest BCUT2D eigenvalue weighted by Gasteiger charge is 2.24. The molecule has 0 bridgehead atoms. The molecular formula is C15H24N2O2S. The Bertz CT molecular complexity index is 535. The van der Waals surface area contributed by atoms with Crippen molar-refractivity contribution >= 4 is 15.7 Å². The van der Waals surface area contributed by atoms with E-state index in [1.165, 1.54) is 6.42 Å². The molecule has 20 heavy (non-hydrogen) atoms. The molecule has 0 unspecified atom stereocenters. The molecule has 1 fully saturated rings. The van der Waals surface area contributed by atoms with E-state index in [-0.39, 0.29) is 11.8 Å². The fourth-order valence-corrected chi connectivity index (χ4v) is 4.33. The van der Waals surface area contributed by atoms with Crippen LogP contribution < -0.4 is 10.5 Å². The maximum Gasteiger partial charge on any atom is 0.216 e. The van der Waals surface area contributed by atoms with Crippen LogP contribution in [0.5, 0.6) is 0 Å². The van der Waals surface area contributed by atoms with Gasteiger partial charge in [0.2, 0.25) is 10.0 Å². The summed E-state index contributed by atoms with van der Waals surface area (Å²) in [4.78, 5) is 0. The standard InChI is InChI=1S/C15H24N2O2S/c1-2-12-6-8-15(9-7-12)17-20(18,19)11-13-4-3-5-14(16)10-13/h3-5,10,12,15,17H,2,6-9,11,16H2,1H3. The van der Waals surface area contributed by atoms with Crippen LogP contribution in [-0.4, -0.2) is 14.5 Å². The maximum atomic E-state index is 12.2. The Morgan fingerprint density at radius 3 is 2.55 bits per heavy atom. The molecule has 0 spiro atoms. The van der Waals surface area contributed by atoms with Gasteiger partial charge in [-0.25, -0.2) is 13.1 Å². The number of nitrogen functional groups attached to an aromatic ring is 1. The number of rotatable bonds is 5. The molecule has 2 rings (SSSR count). The Morgan fingerprint density at radius 1 is 1.25 bits per heavy atom. The number of anilines is 1. The van der Waals surface area contributed by atoms with Gasteiger partial charge in [-0.05, 0) is 49.3 Å². The lowest BCUT2D eigenvalue weighted by atomic mass is 9.85. The monoisotopic (exact) mass is 296 g/mol. The van der Waals surface area contributed by atoms with Crippen LogP contribution in [0.3, 0.4) is 0 Å².